The van der Waals surface area contributed by atoms with Gasteiger partial charge < -0.3 is 4.57 Å². The van der Waals surface area contributed by atoms with Crippen LogP contribution in [0.25, 0.3) is 10.2 Å². The van der Waals surface area contributed by atoms with Crippen LogP contribution in [0.1, 0.15) is 30.9 Å². The Morgan fingerprint density at radius 2 is 1.86 bits per heavy atom. The van der Waals surface area contributed by atoms with E-state index in [1.165, 1.54) is 16.9 Å². The van der Waals surface area contributed by atoms with Gasteiger partial charge in [-0.25, -0.2) is 8.42 Å². The topological polar surface area (TPSA) is 68.5 Å². The minimum Gasteiger partial charge on any atom is -0.319 e. The van der Waals surface area contributed by atoms with E-state index in [1.807, 2.05) is 35.9 Å². The first-order valence-electron chi connectivity index (χ1n) is 9.28. The lowest BCUT2D eigenvalue weighted by Gasteiger charge is -2.03. The predicted octanol–water partition coefficient (Wildman–Crippen LogP) is 3.62. The van der Waals surface area contributed by atoms with Gasteiger partial charge in [0, 0.05) is 13.5 Å². The average Bonchev–Trinajstić information content (AvgIpc) is 2.96. The number of rotatable bonds is 7. The summed E-state index contributed by atoms with van der Waals surface area (Å²) in [7, 11) is -1.35. The van der Waals surface area contributed by atoms with Crippen molar-refractivity contribution in [3.63, 3.8) is 0 Å². The molecule has 0 N–H and O–H groups in total. The minimum absolute atomic E-state index is 0.00418. The normalized spacial score (nSPS) is 12.6. The molecule has 0 unspecified atom stereocenters. The van der Waals surface area contributed by atoms with Crippen LogP contribution in [0, 0.1) is 0 Å². The van der Waals surface area contributed by atoms with Crippen LogP contribution in [-0.2, 0) is 33.9 Å². The molecule has 1 aromatic heterocycles. The molecule has 3 rings (SSSR count). The molecule has 1 amide bonds. The summed E-state index contributed by atoms with van der Waals surface area (Å²) in [6.07, 6.45) is 1.37. The molecule has 1 heterocycles. The number of hydrogen-bond donors (Lipinski definition) is 0. The summed E-state index contributed by atoms with van der Waals surface area (Å²) in [5.41, 5.74) is 3.05. The molecule has 2 aromatic carbocycles. The van der Waals surface area contributed by atoms with Gasteiger partial charge in [-0.2, -0.15) is 4.99 Å². The summed E-state index contributed by atoms with van der Waals surface area (Å²) in [4.78, 5) is 17.1. The summed E-state index contributed by atoms with van der Waals surface area (Å²) in [6.45, 7) is 2.11. The third kappa shape index (κ3) is 5.17. The Kier molecular flexibility index (Phi) is 6.46. The number of amides is 1. The molecule has 7 heteroatoms. The van der Waals surface area contributed by atoms with E-state index in [-0.39, 0.29) is 30.3 Å². The second-order valence-electron chi connectivity index (χ2n) is 6.79. The van der Waals surface area contributed by atoms with Gasteiger partial charge in [0.15, 0.2) is 14.6 Å². The maximum absolute atomic E-state index is 12.2. The summed E-state index contributed by atoms with van der Waals surface area (Å²) in [5, 5.41) is 0. The molecule has 28 heavy (non-hydrogen) atoms. The molecule has 0 aliphatic heterocycles. The summed E-state index contributed by atoms with van der Waals surface area (Å²) in [5.74, 6) is -0.293. The Hall–Kier alpha value is -2.25. The number of thiazole rings is 1. The van der Waals surface area contributed by atoms with E-state index in [2.05, 4.69) is 24.0 Å². The van der Waals surface area contributed by atoms with Gasteiger partial charge in [0.2, 0.25) is 5.91 Å². The molecule has 5 nitrogen and oxygen atoms in total. The van der Waals surface area contributed by atoms with Gasteiger partial charge >= 0.3 is 0 Å². The van der Waals surface area contributed by atoms with Crippen molar-refractivity contribution in [3.8, 4) is 0 Å². The maximum Gasteiger partial charge on any atom is 0.248 e. The van der Waals surface area contributed by atoms with Gasteiger partial charge in [-0.3, -0.25) is 4.79 Å². The second kappa shape index (κ2) is 8.84. The molecular weight excluding hydrogens is 392 g/mol. The van der Waals surface area contributed by atoms with Crippen LogP contribution in [0.3, 0.4) is 0 Å². The number of aromatic nitrogens is 1. The monoisotopic (exact) mass is 416 g/mol. The standard InChI is InChI=1S/C21H24N2O3S2/c1-3-16-11-12-18-19(14-16)27-21(23(18)2)22-20(24)10-7-13-28(25,26)15-17-8-5-4-6-9-17/h4-6,8-9,11-12,14H,3,7,10,13,15H2,1-2H3. The highest BCUT2D eigenvalue weighted by atomic mass is 32.2. The van der Waals surface area contributed by atoms with E-state index >= 15 is 0 Å². The van der Waals surface area contributed by atoms with Crippen molar-refractivity contribution in [1.82, 2.24) is 4.57 Å². The largest absolute Gasteiger partial charge is 0.319 e. The molecule has 148 valence electrons. The molecule has 0 fully saturated rings. The van der Waals surface area contributed by atoms with E-state index in [4.69, 9.17) is 0 Å². The van der Waals surface area contributed by atoms with Crippen molar-refractivity contribution in [3.05, 3.63) is 64.5 Å². The zero-order valence-electron chi connectivity index (χ0n) is 16.1. The fourth-order valence-electron chi connectivity index (χ4n) is 3.01. The van der Waals surface area contributed by atoms with Crippen LogP contribution in [0.4, 0.5) is 0 Å². The van der Waals surface area contributed by atoms with E-state index in [9.17, 15) is 13.2 Å². The van der Waals surface area contributed by atoms with E-state index in [0.29, 0.717) is 4.80 Å². The number of hydrogen-bond acceptors (Lipinski definition) is 4. The Balaban J connectivity index is 1.64. The van der Waals surface area contributed by atoms with Crippen molar-refractivity contribution in [2.45, 2.75) is 31.9 Å². The average molecular weight is 417 g/mol. The zero-order valence-corrected chi connectivity index (χ0v) is 17.7. The highest BCUT2D eigenvalue weighted by Gasteiger charge is 2.13. The minimum atomic E-state index is -3.24. The number of sulfone groups is 1. The van der Waals surface area contributed by atoms with Gasteiger partial charge in [0.25, 0.3) is 0 Å². The van der Waals surface area contributed by atoms with Crippen molar-refractivity contribution in [2.75, 3.05) is 5.75 Å². The molecule has 0 aliphatic rings. The summed E-state index contributed by atoms with van der Waals surface area (Å²) >= 11 is 1.48. The molecule has 0 bridgehead atoms. The molecule has 0 saturated carbocycles. The summed E-state index contributed by atoms with van der Waals surface area (Å²) < 4.78 is 27.5. The molecule has 3 aromatic rings. The number of benzene rings is 2. The van der Waals surface area contributed by atoms with Crippen molar-refractivity contribution in [2.24, 2.45) is 12.0 Å². The highest BCUT2D eigenvalue weighted by Crippen LogP contribution is 2.18. The second-order valence-corrected chi connectivity index (χ2v) is 9.98. The fraction of sp³-hybridized carbons (Fsp3) is 0.333. The van der Waals surface area contributed by atoms with E-state index in [0.717, 1.165) is 22.2 Å². The van der Waals surface area contributed by atoms with Crippen LogP contribution in [0.15, 0.2) is 53.5 Å². The van der Waals surface area contributed by atoms with Crippen molar-refractivity contribution in [1.29, 1.82) is 0 Å². The van der Waals surface area contributed by atoms with Gasteiger partial charge in [-0.15, -0.1) is 0 Å². The number of fused-ring (bicyclic) bond motifs is 1. The Morgan fingerprint density at radius 1 is 1.11 bits per heavy atom. The van der Waals surface area contributed by atoms with Gasteiger partial charge in [0.05, 0.1) is 21.7 Å². The van der Waals surface area contributed by atoms with Gasteiger partial charge in [0.1, 0.15) is 0 Å². The Labute approximate surface area is 169 Å². The lowest BCUT2D eigenvalue weighted by atomic mass is 10.2. The van der Waals surface area contributed by atoms with Crippen LogP contribution in [0.2, 0.25) is 0 Å². The number of carbonyl (C=O) groups is 1. The van der Waals surface area contributed by atoms with Crippen molar-refractivity contribution >= 4 is 37.3 Å². The Morgan fingerprint density at radius 3 is 2.57 bits per heavy atom. The molecule has 0 atom stereocenters. The lowest BCUT2D eigenvalue weighted by Crippen LogP contribution is -2.14. The maximum atomic E-state index is 12.2. The zero-order chi connectivity index (χ0) is 20.1. The quantitative estimate of drug-likeness (QED) is 0.591. The molecule has 0 spiro atoms. The number of carbonyl (C=O) groups excluding carboxylic acids is 1. The fourth-order valence-corrected chi connectivity index (χ4v) is 5.54. The third-order valence-corrected chi connectivity index (χ3v) is 7.36. The number of nitrogens with zero attached hydrogens (tertiary/aromatic N) is 2. The van der Waals surface area contributed by atoms with Crippen LogP contribution in [-0.4, -0.2) is 24.6 Å². The first-order valence-corrected chi connectivity index (χ1v) is 11.9. The number of aryl methyl sites for hydroxylation is 2. The lowest BCUT2D eigenvalue weighted by molar-refractivity contribution is -0.118. The van der Waals surface area contributed by atoms with Crippen LogP contribution >= 0.6 is 11.3 Å². The smallest absolute Gasteiger partial charge is 0.248 e. The third-order valence-electron chi connectivity index (χ3n) is 4.58. The summed E-state index contributed by atoms with van der Waals surface area (Å²) in [6, 6.07) is 15.3. The van der Waals surface area contributed by atoms with E-state index < -0.39 is 9.84 Å². The van der Waals surface area contributed by atoms with Crippen LogP contribution in [0.5, 0.6) is 0 Å². The SMILES string of the molecule is CCc1ccc2c(c1)sc(=NC(=O)CCCS(=O)(=O)Cc1ccccc1)n2C. The van der Waals surface area contributed by atoms with E-state index in [1.54, 1.807) is 12.1 Å². The predicted molar refractivity (Wildman–Crippen MR) is 114 cm³/mol. The molecule has 0 saturated heterocycles. The molecular formula is C21H24N2O3S2. The van der Waals surface area contributed by atoms with Crippen LogP contribution < -0.4 is 4.80 Å². The Bertz CT molecular complexity index is 1140. The van der Waals surface area contributed by atoms with Gasteiger partial charge in [-0.05, 0) is 36.1 Å². The highest BCUT2D eigenvalue weighted by molar-refractivity contribution is 7.90. The molecule has 0 radical (unpaired) electrons. The first kappa shape index (κ1) is 20.5. The van der Waals surface area contributed by atoms with Crippen molar-refractivity contribution < 1.29 is 13.2 Å². The first-order chi connectivity index (χ1) is 13.4. The molecule has 0 aliphatic carbocycles. The van der Waals surface area contributed by atoms with Gasteiger partial charge in [-0.1, -0.05) is 54.7 Å².